The van der Waals surface area contributed by atoms with E-state index in [0.29, 0.717) is 6.54 Å². The topological polar surface area (TPSA) is 46.3 Å². The number of amides is 1. The zero-order valence-corrected chi connectivity index (χ0v) is 9.60. The van der Waals surface area contributed by atoms with Crippen molar-refractivity contribution in [3.63, 3.8) is 0 Å². The molecular formula is C10H16N2OS. The number of nitrogens with two attached hydrogens (primary N) is 1. The molecule has 1 atom stereocenters. The molecule has 0 radical (unpaired) electrons. The van der Waals surface area contributed by atoms with Crippen molar-refractivity contribution in [1.82, 2.24) is 4.90 Å². The number of hydrogen-bond donors (Lipinski definition) is 1. The van der Waals surface area contributed by atoms with Crippen LogP contribution in [0.3, 0.4) is 0 Å². The van der Waals surface area contributed by atoms with Crippen LogP contribution in [-0.2, 0) is 0 Å². The summed E-state index contributed by atoms with van der Waals surface area (Å²) in [6.07, 6.45) is 0. The van der Waals surface area contributed by atoms with Crippen LogP contribution in [0.15, 0.2) is 10.8 Å². The van der Waals surface area contributed by atoms with Crippen molar-refractivity contribution in [1.29, 1.82) is 0 Å². The van der Waals surface area contributed by atoms with Gasteiger partial charge in [-0.1, -0.05) is 0 Å². The van der Waals surface area contributed by atoms with Gasteiger partial charge in [0.25, 0.3) is 5.91 Å². The van der Waals surface area contributed by atoms with Gasteiger partial charge in [0.2, 0.25) is 0 Å². The largest absolute Gasteiger partial charge is 0.338 e. The highest BCUT2D eigenvalue weighted by Gasteiger charge is 2.18. The van der Waals surface area contributed by atoms with Crippen molar-refractivity contribution in [2.45, 2.75) is 19.9 Å². The molecule has 2 N–H and O–H groups in total. The van der Waals surface area contributed by atoms with E-state index in [1.807, 2.05) is 24.6 Å². The predicted molar refractivity (Wildman–Crippen MR) is 59.7 cm³/mol. The van der Waals surface area contributed by atoms with Crippen LogP contribution in [0.5, 0.6) is 0 Å². The quantitative estimate of drug-likeness (QED) is 0.825. The van der Waals surface area contributed by atoms with E-state index in [2.05, 4.69) is 0 Å². The highest BCUT2D eigenvalue weighted by molar-refractivity contribution is 7.08. The molecule has 1 rings (SSSR count). The minimum Gasteiger partial charge on any atom is -0.338 e. The molecule has 1 aromatic rings. The third kappa shape index (κ3) is 2.13. The van der Waals surface area contributed by atoms with Crippen molar-refractivity contribution < 1.29 is 4.79 Å². The van der Waals surface area contributed by atoms with Crippen molar-refractivity contribution in [2.24, 2.45) is 5.73 Å². The summed E-state index contributed by atoms with van der Waals surface area (Å²) in [6, 6.07) is 0.0850. The number of rotatable bonds is 3. The molecule has 1 amide bonds. The van der Waals surface area contributed by atoms with E-state index >= 15 is 0 Å². The second kappa shape index (κ2) is 4.57. The number of carbonyl (C=O) groups is 1. The Morgan fingerprint density at radius 2 is 2.29 bits per heavy atom. The smallest absolute Gasteiger partial charge is 0.254 e. The van der Waals surface area contributed by atoms with Crippen LogP contribution in [0.4, 0.5) is 0 Å². The van der Waals surface area contributed by atoms with Gasteiger partial charge in [-0.2, -0.15) is 11.3 Å². The van der Waals surface area contributed by atoms with Crippen molar-refractivity contribution in [3.05, 3.63) is 21.9 Å². The summed E-state index contributed by atoms with van der Waals surface area (Å²) in [7, 11) is 1.79. The molecule has 14 heavy (non-hydrogen) atoms. The first-order chi connectivity index (χ1) is 6.57. The minimum atomic E-state index is 0.0571. The average molecular weight is 212 g/mol. The zero-order chi connectivity index (χ0) is 10.7. The van der Waals surface area contributed by atoms with Gasteiger partial charge in [0, 0.05) is 25.0 Å². The van der Waals surface area contributed by atoms with Gasteiger partial charge in [0.05, 0.1) is 5.56 Å². The molecular weight excluding hydrogens is 196 g/mol. The standard InChI is InChI=1S/C10H16N2OS/c1-7-5-14-6-9(7)10(13)12(3)8(2)4-11/h5-6,8H,4,11H2,1-3H3. The van der Waals surface area contributed by atoms with Gasteiger partial charge in [-0.3, -0.25) is 4.79 Å². The van der Waals surface area contributed by atoms with Crippen LogP contribution in [0, 0.1) is 6.92 Å². The van der Waals surface area contributed by atoms with E-state index in [1.165, 1.54) is 0 Å². The molecule has 0 aliphatic carbocycles. The fraction of sp³-hybridized carbons (Fsp3) is 0.500. The Kier molecular flexibility index (Phi) is 3.66. The second-order valence-electron chi connectivity index (χ2n) is 3.47. The van der Waals surface area contributed by atoms with E-state index < -0.39 is 0 Å². The molecule has 1 heterocycles. The van der Waals surface area contributed by atoms with Gasteiger partial charge in [-0.25, -0.2) is 0 Å². The summed E-state index contributed by atoms with van der Waals surface area (Å²) in [6.45, 7) is 4.38. The molecule has 1 unspecified atom stereocenters. The van der Waals surface area contributed by atoms with E-state index in [0.717, 1.165) is 11.1 Å². The Hall–Kier alpha value is -0.870. The third-order valence-electron chi connectivity index (χ3n) is 2.41. The van der Waals surface area contributed by atoms with E-state index in [-0.39, 0.29) is 11.9 Å². The molecule has 0 saturated heterocycles. The van der Waals surface area contributed by atoms with Gasteiger partial charge >= 0.3 is 0 Å². The SMILES string of the molecule is Cc1cscc1C(=O)N(C)C(C)CN. The van der Waals surface area contributed by atoms with Gasteiger partial charge in [-0.05, 0) is 24.8 Å². The number of hydrogen-bond acceptors (Lipinski definition) is 3. The molecule has 0 fully saturated rings. The number of nitrogens with zero attached hydrogens (tertiary/aromatic N) is 1. The maximum Gasteiger partial charge on any atom is 0.254 e. The Bertz CT molecular complexity index is 322. The van der Waals surface area contributed by atoms with E-state index in [4.69, 9.17) is 5.73 Å². The lowest BCUT2D eigenvalue weighted by atomic mass is 10.2. The van der Waals surface area contributed by atoms with E-state index in [1.54, 1.807) is 23.3 Å². The summed E-state index contributed by atoms with van der Waals surface area (Å²) in [5.74, 6) is 0.0571. The molecule has 4 heteroatoms. The van der Waals surface area contributed by atoms with Crippen LogP contribution in [0.1, 0.15) is 22.8 Å². The molecule has 1 aromatic heterocycles. The molecule has 0 aliphatic heterocycles. The van der Waals surface area contributed by atoms with Crippen molar-refractivity contribution in [3.8, 4) is 0 Å². The van der Waals surface area contributed by atoms with E-state index in [9.17, 15) is 4.79 Å². The monoisotopic (exact) mass is 212 g/mol. The third-order valence-corrected chi connectivity index (χ3v) is 3.27. The van der Waals surface area contributed by atoms with Gasteiger partial charge in [-0.15, -0.1) is 0 Å². The molecule has 0 bridgehead atoms. The first-order valence-electron chi connectivity index (χ1n) is 4.58. The van der Waals surface area contributed by atoms with Gasteiger partial charge < -0.3 is 10.6 Å². The fourth-order valence-electron chi connectivity index (χ4n) is 1.13. The number of carbonyl (C=O) groups excluding carboxylic acids is 1. The predicted octanol–water partition coefficient (Wildman–Crippen LogP) is 1.48. The maximum atomic E-state index is 11.9. The Balaban J connectivity index is 2.81. The highest BCUT2D eigenvalue weighted by atomic mass is 32.1. The summed E-state index contributed by atoms with van der Waals surface area (Å²) < 4.78 is 0. The molecule has 0 saturated carbocycles. The summed E-state index contributed by atoms with van der Waals surface area (Å²) >= 11 is 1.55. The Morgan fingerprint density at radius 1 is 1.64 bits per heavy atom. The summed E-state index contributed by atoms with van der Waals surface area (Å²) in [5.41, 5.74) is 7.34. The van der Waals surface area contributed by atoms with Crippen molar-refractivity contribution in [2.75, 3.05) is 13.6 Å². The first kappa shape index (κ1) is 11.2. The lowest BCUT2D eigenvalue weighted by Gasteiger charge is -2.23. The number of aryl methyl sites for hydroxylation is 1. The lowest BCUT2D eigenvalue weighted by Crippen LogP contribution is -2.39. The number of likely N-dealkylation sites (N-methyl/N-ethyl adjacent to an activating group) is 1. The molecule has 3 nitrogen and oxygen atoms in total. The van der Waals surface area contributed by atoms with Crippen LogP contribution in [0.2, 0.25) is 0 Å². The normalized spacial score (nSPS) is 12.6. The van der Waals surface area contributed by atoms with Crippen molar-refractivity contribution >= 4 is 17.2 Å². The molecule has 78 valence electrons. The van der Waals surface area contributed by atoms with Crippen LogP contribution in [0.25, 0.3) is 0 Å². The van der Waals surface area contributed by atoms with Crippen LogP contribution >= 0.6 is 11.3 Å². The minimum absolute atomic E-state index is 0.0571. The fourth-order valence-corrected chi connectivity index (χ4v) is 1.95. The molecule has 0 aromatic carbocycles. The first-order valence-corrected chi connectivity index (χ1v) is 5.52. The summed E-state index contributed by atoms with van der Waals surface area (Å²) in [5, 5.41) is 3.87. The summed E-state index contributed by atoms with van der Waals surface area (Å²) in [4.78, 5) is 13.6. The number of thiophene rings is 1. The maximum absolute atomic E-state index is 11.9. The Morgan fingerprint density at radius 3 is 2.71 bits per heavy atom. The Labute approximate surface area is 88.5 Å². The van der Waals surface area contributed by atoms with Crippen LogP contribution < -0.4 is 5.73 Å². The second-order valence-corrected chi connectivity index (χ2v) is 4.21. The van der Waals surface area contributed by atoms with Gasteiger partial charge in [0.1, 0.15) is 0 Å². The average Bonchev–Trinajstić information content (AvgIpc) is 2.61. The molecule has 0 spiro atoms. The molecule has 0 aliphatic rings. The van der Waals surface area contributed by atoms with Gasteiger partial charge in [0.15, 0.2) is 0 Å². The van der Waals surface area contributed by atoms with Crippen LogP contribution in [-0.4, -0.2) is 30.4 Å². The highest BCUT2D eigenvalue weighted by Crippen LogP contribution is 2.16. The zero-order valence-electron chi connectivity index (χ0n) is 8.78. The lowest BCUT2D eigenvalue weighted by molar-refractivity contribution is 0.0748.